The smallest absolute Gasteiger partial charge is 0.243 e. The molecular formula is C12H14N4O4. The Morgan fingerprint density at radius 3 is 2.85 bits per heavy atom. The van der Waals surface area contributed by atoms with Crippen LogP contribution in [0.1, 0.15) is 17.3 Å². The fraction of sp³-hybridized carbons (Fsp3) is 0.333. The number of rotatable bonds is 8. The van der Waals surface area contributed by atoms with Gasteiger partial charge in [0.15, 0.2) is 12.0 Å². The number of Topliss-reactive ketones (excluding diaryl/α,β-unsaturated/α-hetero) is 1. The molecule has 0 saturated carbocycles. The van der Waals surface area contributed by atoms with Crippen molar-refractivity contribution in [3.8, 4) is 5.75 Å². The van der Waals surface area contributed by atoms with E-state index in [0.717, 1.165) is 0 Å². The number of benzene rings is 1. The highest BCUT2D eigenvalue weighted by molar-refractivity contribution is 5.94. The van der Waals surface area contributed by atoms with Gasteiger partial charge >= 0.3 is 0 Å². The summed E-state index contributed by atoms with van der Waals surface area (Å²) in [5.41, 5.74) is 13.8. The molecule has 0 aliphatic heterocycles. The molecule has 1 amide bonds. The van der Waals surface area contributed by atoms with Gasteiger partial charge in [-0.05, 0) is 24.6 Å². The maximum Gasteiger partial charge on any atom is 0.243 e. The van der Waals surface area contributed by atoms with Crippen molar-refractivity contribution in [2.75, 3.05) is 13.2 Å². The van der Waals surface area contributed by atoms with E-state index in [4.69, 9.17) is 20.7 Å². The van der Waals surface area contributed by atoms with E-state index in [1.54, 1.807) is 24.3 Å². The summed E-state index contributed by atoms with van der Waals surface area (Å²) >= 11 is 0. The molecule has 1 atom stereocenters. The van der Waals surface area contributed by atoms with Crippen LogP contribution in [0.3, 0.4) is 0 Å². The minimum absolute atomic E-state index is 0.0907. The van der Waals surface area contributed by atoms with Gasteiger partial charge in [-0.25, -0.2) is 0 Å². The van der Waals surface area contributed by atoms with Crippen LogP contribution in [0.15, 0.2) is 29.4 Å². The molecule has 0 fully saturated rings. The van der Waals surface area contributed by atoms with Crippen LogP contribution in [0.4, 0.5) is 0 Å². The minimum Gasteiger partial charge on any atom is -0.491 e. The van der Waals surface area contributed by atoms with Gasteiger partial charge in [0.2, 0.25) is 5.91 Å². The molecule has 0 aliphatic rings. The van der Waals surface area contributed by atoms with Gasteiger partial charge in [0.25, 0.3) is 0 Å². The number of hydrogen-bond acceptors (Lipinski definition) is 5. The standard InChI is InChI=1S/C12H14N4O4/c1-8(17)9-3-2-4-10(5-9)19-7-12(15-16-14)20-6-11(13)18/h2-5,12H,6-7H2,1H3,(H2,13,18). The maximum atomic E-state index is 11.2. The summed E-state index contributed by atoms with van der Waals surface area (Å²) in [6.45, 7) is 0.969. The zero-order valence-corrected chi connectivity index (χ0v) is 10.9. The summed E-state index contributed by atoms with van der Waals surface area (Å²) < 4.78 is 10.3. The van der Waals surface area contributed by atoms with E-state index in [1.165, 1.54) is 6.92 Å². The Morgan fingerprint density at radius 2 is 2.25 bits per heavy atom. The minimum atomic E-state index is -0.978. The molecular weight excluding hydrogens is 264 g/mol. The highest BCUT2D eigenvalue weighted by Crippen LogP contribution is 2.14. The molecule has 1 aromatic carbocycles. The maximum absolute atomic E-state index is 11.2. The molecule has 1 unspecified atom stereocenters. The Hall–Kier alpha value is -2.57. The van der Waals surface area contributed by atoms with Gasteiger partial charge in [-0.1, -0.05) is 17.2 Å². The molecule has 8 nitrogen and oxygen atoms in total. The van der Waals surface area contributed by atoms with Gasteiger partial charge in [0, 0.05) is 10.5 Å². The second-order valence-corrected chi connectivity index (χ2v) is 3.83. The van der Waals surface area contributed by atoms with Gasteiger partial charge in [0.05, 0.1) is 0 Å². The van der Waals surface area contributed by atoms with Crippen molar-refractivity contribution in [3.05, 3.63) is 40.3 Å². The summed E-state index contributed by atoms with van der Waals surface area (Å²) in [5.74, 6) is -0.341. The molecule has 0 aliphatic carbocycles. The van der Waals surface area contributed by atoms with Crippen molar-refractivity contribution in [1.82, 2.24) is 0 Å². The van der Waals surface area contributed by atoms with Gasteiger partial charge in [-0.3, -0.25) is 9.59 Å². The highest BCUT2D eigenvalue weighted by Gasteiger charge is 2.10. The number of carbonyl (C=O) groups is 2. The van der Waals surface area contributed by atoms with E-state index in [2.05, 4.69) is 10.0 Å². The number of amides is 1. The first-order chi connectivity index (χ1) is 9.52. The number of nitrogens with zero attached hydrogens (tertiary/aromatic N) is 3. The molecule has 0 bridgehead atoms. The number of ketones is 1. The third kappa shape index (κ3) is 5.38. The van der Waals surface area contributed by atoms with E-state index in [0.29, 0.717) is 11.3 Å². The topological polar surface area (TPSA) is 127 Å². The van der Waals surface area contributed by atoms with Crippen LogP contribution in [0.25, 0.3) is 10.4 Å². The van der Waals surface area contributed by atoms with Crippen molar-refractivity contribution in [3.63, 3.8) is 0 Å². The van der Waals surface area contributed by atoms with Crippen LogP contribution in [0.5, 0.6) is 5.75 Å². The van der Waals surface area contributed by atoms with E-state index in [9.17, 15) is 9.59 Å². The molecule has 8 heteroatoms. The Balaban J connectivity index is 2.62. The Labute approximate surface area is 115 Å². The molecule has 1 aromatic rings. The molecule has 0 heterocycles. The molecule has 0 aromatic heterocycles. The first kappa shape index (κ1) is 15.5. The molecule has 1 rings (SSSR count). The number of primary amides is 1. The van der Waals surface area contributed by atoms with Gasteiger partial charge < -0.3 is 15.2 Å². The van der Waals surface area contributed by atoms with E-state index in [1.807, 2.05) is 0 Å². The van der Waals surface area contributed by atoms with Crippen LogP contribution < -0.4 is 10.5 Å². The highest BCUT2D eigenvalue weighted by atomic mass is 16.5. The van der Waals surface area contributed by atoms with Crippen molar-refractivity contribution in [2.24, 2.45) is 10.8 Å². The van der Waals surface area contributed by atoms with Crippen molar-refractivity contribution in [2.45, 2.75) is 13.2 Å². The first-order valence-corrected chi connectivity index (χ1v) is 5.71. The molecule has 0 radical (unpaired) electrons. The summed E-state index contributed by atoms with van der Waals surface area (Å²) in [6, 6.07) is 6.53. The Kier molecular flexibility index (Phi) is 6.02. The van der Waals surface area contributed by atoms with E-state index in [-0.39, 0.29) is 19.0 Å². The summed E-state index contributed by atoms with van der Waals surface area (Å²) in [5, 5.41) is 3.33. The zero-order valence-electron chi connectivity index (χ0n) is 10.9. The zero-order chi connectivity index (χ0) is 15.0. The Bertz CT molecular complexity index is 540. The largest absolute Gasteiger partial charge is 0.491 e. The average molecular weight is 278 g/mol. The fourth-order valence-electron chi connectivity index (χ4n) is 1.32. The first-order valence-electron chi connectivity index (χ1n) is 5.71. The van der Waals surface area contributed by atoms with Gasteiger partial charge in [-0.2, -0.15) is 0 Å². The number of ether oxygens (including phenoxy) is 2. The molecule has 20 heavy (non-hydrogen) atoms. The van der Waals surface area contributed by atoms with Crippen molar-refractivity contribution in [1.29, 1.82) is 0 Å². The lowest BCUT2D eigenvalue weighted by Gasteiger charge is -2.13. The SMILES string of the molecule is CC(=O)c1cccc(OCC(N=[N+]=[N-])OCC(N)=O)c1. The quantitative estimate of drug-likeness (QED) is 0.333. The lowest BCUT2D eigenvalue weighted by Crippen LogP contribution is -2.26. The van der Waals surface area contributed by atoms with Crippen LogP contribution in [0.2, 0.25) is 0 Å². The monoisotopic (exact) mass is 278 g/mol. The lowest BCUT2D eigenvalue weighted by molar-refractivity contribution is -0.124. The number of azide groups is 1. The van der Waals surface area contributed by atoms with Crippen molar-refractivity contribution >= 4 is 11.7 Å². The van der Waals surface area contributed by atoms with Crippen LogP contribution in [0, 0.1) is 0 Å². The van der Waals surface area contributed by atoms with Crippen LogP contribution >= 0.6 is 0 Å². The van der Waals surface area contributed by atoms with Gasteiger partial charge in [-0.15, -0.1) is 0 Å². The van der Waals surface area contributed by atoms with Crippen molar-refractivity contribution < 1.29 is 19.1 Å². The third-order valence-electron chi connectivity index (χ3n) is 2.23. The molecule has 0 saturated heterocycles. The third-order valence-corrected chi connectivity index (χ3v) is 2.23. The molecule has 0 spiro atoms. The van der Waals surface area contributed by atoms with Crippen LogP contribution in [-0.4, -0.2) is 31.1 Å². The van der Waals surface area contributed by atoms with E-state index < -0.39 is 12.1 Å². The second-order valence-electron chi connectivity index (χ2n) is 3.83. The predicted octanol–water partition coefficient (Wildman–Crippen LogP) is 1.41. The second kappa shape index (κ2) is 7.78. The number of carbonyl (C=O) groups excluding carboxylic acids is 2. The fourth-order valence-corrected chi connectivity index (χ4v) is 1.32. The lowest BCUT2D eigenvalue weighted by atomic mass is 10.1. The summed E-state index contributed by atoms with van der Waals surface area (Å²) in [7, 11) is 0. The average Bonchev–Trinajstić information content (AvgIpc) is 2.42. The molecule has 106 valence electrons. The predicted molar refractivity (Wildman–Crippen MR) is 70.0 cm³/mol. The summed E-state index contributed by atoms with van der Waals surface area (Å²) in [6.07, 6.45) is -0.978. The number of hydrogen-bond donors (Lipinski definition) is 1. The van der Waals surface area contributed by atoms with E-state index >= 15 is 0 Å². The van der Waals surface area contributed by atoms with Gasteiger partial charge in [0.1, 0.15) is 19.0 Å². The summed E-state index contributed by atoms with van der Waals surface area (Å²) in [4.78, 5) is 24.4. The molecule has 2 N–H and O–H groups in total. The normalized spacial score (nSPS) is 11.2. The van der Waals surface area contributed by atoms with Crippen LogP contribution in [-0.2, 0) is 9.53 Å². The number of nitrogens with two attached hydrogens (primary N) is 1. The Morgan fingerprint density at radius 1 is 1.50 bits per heavy atom.